The zero-order chi connectivity index (χ0) is 19.6. The second-order valence-corrected chi connectivity index (χ2v) is 9.36. The Morgan fingerprint density at radius 2 is 1.72 bits per heavy atom. The first-order valence-corrected chi connectivity index (χ1v) is 9.82. The van der Waals surface area contributed by atoms with Crippen molar-refractivity contribution in [1.29, 1.82) is 0 Å². The number of hydrogen-bond acceptors (Lipinski definition) is 7. The molecular weight excluding hydrogens is 370 g/mol. The number of nitrogens with one attached hydrogen (secondary N) is 2. The SMILES string of the molecule is CC(C)(C)SSC[C@H](NC(=O)NC[C@H](N)C(=O)O)C(=O)CCC(=O)O. The third-order valence-electron chi connectivity index (χ3n) is 2.62. The van der Waals surface area contributed by atoms with Gasteiger partial charge in [-0.2, -0.15) is 0 Å². The van der Waals surface area contributed by atoms with Gasteiger partial charge >= 0.3 is 18.0 Å². The number of nitrogens with two attached hydrogens (primary N) is 1. The number of carboxylic acid groups (broad SMARTS) is 2. The fourth-order valence-corrected chi connectivity index (χ4v) is 3.90. The molecule has 0 aromatic rings. The molecule has 0 saturated carbocycles. The molecule has 0 aliphatic heterocycles. The zero-order valence-electron chi connectivity index (χ0n) is 14.4. The van der Waals surface area contributed by atoms with Crippen LogP contribution in [-0.4, -0.2) is 63.1 Å². The van der Waals surface area contributed by atoms with Crippen molar-refractivity contribution in [3.8, 4) is 0 Å². The molecule has 25 heavy (non-hydrogen) atoms. The molecule has 0 aliphatic rings. The molecule has 0 aromatic heterocycles. The number of hydrogen-bond donors (Lipinski definition) is 5. The standard InChI is InChI=1S/C14H25N3O6S2/c1-14(2,3)25-24-7-9(10(18)4-5-11(19)20)17-13(23)16-6-8(15)12(21)22/h8-9H,4-7,15H2,1-3H3,(H,19,20)(H,21,22)(H2,16,17,23)/t8-,9-/m0/s1. The van der Waals surface area contributed by atoms with E-state index in [2.05, 4.69) is 10.6 Å². The first-order valence-electron chi connectivity index (χ1n) is 7.50. The van der Waals surface area contributed by atoms with Crippen molar-refractivity contribution < 1.29 is 29.4 Å². The van der Waals surface area contributed by atoms with Crippen molar-refractivity contribution in [2.75, 3.05) is 12.3 Å². The molecule has 6 N–H and O–H groups in total. The van der Waals surface area contributed by atoms with Gasteiger partial charge in [-0.15, -0.1) is 0 Å². The third-order valence-corrected chi connectivity index (χ3v) is 5.97. The Hall–Kier alpha value is -1.46. The predicted octanol–water partition coefficient (Wildman–Crippen LogP) is 0.680. The third kappa shape index (κ3) is 12.5. The number of urea groups is 1. The van der Waals surface area contributed by atoms with E-state index in [0.29, 0.717) is 0 Å². The highest BCUT2D eigenvalue weighted by Crippen LogP contribution is 2.35. The number of Topliss-reactive ketones (excluding diaryl/α,β-unsaturated/α-hetero) is 1. The minimum atomic E-state index is -1.26. The Balaban J connectivity index is 4.64. The molecule has 0 aliphatic carbocycles. The van der Waals surface area contributed by atoms with Crippen LogP contribution >= 0.6 is 21.6 Å². The predicted molar refractivity (Wildman–Crippen MR) is 97.6 cm³/mol. The van der Waals surface area contributed by atoms with E-state index in [1.807, 2.05) is 20.8 Å². The van der Waals surface area contributed by atoms with Crippen LogP contribution in [0, 0.1) is 0 Å². The molecular formula is C14H25N3O6S2. The van der Waals surface area contributed by atoms with E-state index in [0.717, 1.165) is 0 Å². The molecule has 11 heteroatoms. The van der Waals surface area contributed by atoms with Crippen LogP contribution in [0.1, 0.15) is 33.6 Å². The van der Waals surface area contributed by atoms with Crippen LogP contribution in [0.3, 0.4) is 0 Å². The summed E-state index contributed by atoms with van der Waals surface area (Å²) >= 11 is 0. The lowest BCUT2D eigenvalue weighted by Gasteiger charge is -2.21. The fourth-order valence-electron chi connectivity index (χ4n) is 1.40. The molecule has 2 amide bonds. The number of aliphatic carboxylic acids is 2. The topological polar surface area (TPSA) is 159 Å². The Morgan fingerprint density at radius 3 is 2.20 bits per heavy atom. The highest BCUT2D eigenvalue weighted by Gasteiger charge is 2.23. The van der Waals surface area contributed by atoms with Crippen LogP contribution < -0.4 is 16.4 Å². The molecule has 0 saturated heterocycles. The number of carboxylic acids is 2. The van der Waals surface area contributed by atoms with Gasteiger partial charge < -0.3 is 26.6 Å². The van der Waals surface area contributed by atoms with Crippen LogP contribution in [0.4, 0.5) is 4.79 Å². The number of ketones is 1. The maximum Gasteiger partial charge on any atom is 0.322 e. The van der Waals surface area contributed by atoms with Gasteiger partial charge in [0.25, 0.3) is 0 Å². The van der Waals surface area contributed by atoms with Gasteiger partial charge in [0.2, 0.25) is 0 Å². The van der Waals surface area contributed by atoms with Crippen LogP contribution in [0.2, 0.25) is 0 Å². The summed E-state index contributed by atoms with van der Waals surface area (Å²) in [5, 5.41) is 22.1. The molecule has 0 heterocycles. The minimum absolute atomic E-state index is 0.0458. The monoisotopic (exact) mass is 395 g/mol. The lowest BCUT2D eigenvalue weighted by Crippen LogP contribution is -2.51. The van der Waals surface area contributed by atoms with Gasteiger partial charge in [0, 0.05) is 23.5 Å². The number of rotatable bonds is 11. The van der Waals surface area contributed by atoms with E-state index >= 15 is 0 Å². The Kier molecular flexibility index (Phi) is 10.6. The molecule has 9 nitrogen and oxygen atoms in total. The molecule has 2 atom stereocenters. The summed E-state index contributed by atoms with van der Waals surface area (Å²) in [5.74, 6) is -2.49. The van der Waals surface area contributed by atoms with E-state index in [-0.39, 0.29) is 29.9 Å². The first kappa shape index (κ1) is 23.5. The number of amides is 2. The summed E-state index contributed by atoms with van der Waals surface area (Å²) < 4.78 is -0.0458. The highest BCUT2D eigenvalue weighted by molar-refractivity contribution is 8.77. The number of carbonyl (C=O) groups is 4. The Labute approximate surface area is 154 Å². The number of carbonyl (C=O) groups excluding carboxylic acids is 2. The second-order valence-electron chi connectivity index (χ2n) is 6.19. The Bertz CT molecular complexity index is 495. The lowest BCUT2D eigenvalue weighted by atomic mass is 10.1. The van der Waals surface area contributed by atoms with Gasteiger partial charge in [-0.05, 0) is 0 Å². The second kappa shape index (κ2) is 11.2. The largest absolute Gasteiger partial charge is 0.481 e. The van der Waals surface area contributed by atoms with Crippen molar-refractivity contribution in [1.82, 2.24) is 10.6 Å². The van der Waals surface area contributed by atoms with Gasteiger partial charge in [-0.1, -0.05) is 42.4 Å². The van der Waals surface area contributed by atoms with Gasteiger partial charge in [0.05, 0.1) is 12.5 Å². The van der Waals surface area contributed by atoms with E-state index < -0.39 is 35.8 Å². The zero-order valence-corrected chi connectivity index (χ0v) is 16.0. The molecule has 0 bridgehead atoms. The summed E-state index contributed by atoms with van der Waals surface area (Å²) in [7, 11) is 2.92. The molecule has 0 rings (SSSR count). The summed E-state index contributed by atoms with van der Waals surface area (Å²) in [6.07, 6.45) is -0.519. The summed E-state index contributed by atoms with van der Waals surface area (Å²) in [6, 6.07) is -2.86. The maximum absolute atomic E-state index is 12.1. The van der Waals surface area contributed by atoms with E-state index in [1.54, 1.807) is 0 Å². The minimum Gasteiger partial charge on any atom is -0.481 e. The fraction of sp³-hybridized carbons (Fsp3) is 0.714. The quantitative estimate of drug-likeness (QED) is 0.317. The van der Waals surface area contributed by atoms with Gasteiger partial charge in [0.1, 0.15) is 6.04 Å². The van der Waals surface area contributed by atoms with Crippen LogP contribution in [0.25, 0.3) is 0 Å². The molecule has 0 radical (unpaired) electrons. The van der Waals surface area contributed by atoms with Gasteiger partial charge in [-0.25, -0.2) is 4.79 Å². The molecule has 0 aromatic carbocycles. The highest BCUT2D eigenvalue weighted by atomic mass is 33.1. The Morgan fingerprint density at radius 1 is 1.12 bits per heavy atom. The van der Waals surface area contributed by atoms with Crippen LogP contribution in [0.15, 0.2) is 0 Å². The maximum atomic E-state index is 12.1. The lowest BCUT2D eigenvalue weighted by molar-refractivity contribution is -0.139. The van der Waals surface area contributed by atoms with Crippen LogP contribution in [0.5, 0.6) is 0 Å². The van der Waals surface area contributed by atoms with Crippen molar-refractivity contribution in [3.63, 3.8) is 0 Å². The van der Waals surface area contributed by atoms with Gasteiger partial charge in [-0.3, -0.25) is 14.4 Å². The van der Waals surface area contributed by atoms with Crippen molar-refractivity contribution >= 4 is 45.3 Å². The van der Waals surface area contributed by atoms with E-state index in [1.165, 1.54) is 21.6 Å². The molecule has 0 spiro atoms. The first-order chi connectivity index (χ1) is 11.4. The summed E-state index contributed by atoms with van der Waals surface area (Å²) in [5.41, 5.74) is 5.28. The van der Waals surface area contributed by atoms with E-state index in [9.17, 15) is 19.2 Å². The summed E-state index contributed by atoms with van der Waals surface area (Å²) in [4.78, 5) is 45.2. The smallest absolute Gasteiger partial charge is 0.322 e. The van der Waals surface area contributed by atoms with Gasteiger partial charge in [0.15, 0.2) is 5.78 Å². The van der Waals surface area contributed by atoms with Crippen molar-refractivity contribution in [2.24, 2.45) is 5.73 Å². The molecule has 144 valence electrons. The molecule has 0 fully saturated rings. The van der Waals surface area contributed by atoms with Crippen LogP contribution in [-0.2, 0) is 14.4 Å². The van der Waals surface area contributed by atoms with Crippen molar-refractivity contribution in [3.05, 3.63) is 0 Å². The van der Waals surface area contributed by atoms with Crippen molar-refractivity contribution in [2.45, 2.75) is 50.4 Å². The average Bonchev–Trinajstić information content (AvgIpc) is 2.47. The average molecular weight is 396 g/mol. The summed E-state index contributed by atoms with van der Waals surface area (Å²) in [6.45, 7) is 5.71. The normalized spacial score (nSPS) is 13.6. The molecule has 0 unspecified atom stereocenters. The van der Waals surface area contributed by atoms with E-state index in [4.69, 9.17) is 15.9 Å².